The first kappa shape index (κ1) is 25.0. The van der Waals surface area contributed by atoms with Crippen LogP contribution < -0.4 is 10.1 Å². The molecule has 0 fully saturated rings. The third-order valence-corrected chi connectivity index (χ3v) is 4.95. The summed E-state index contributed by atoms with van der Waals surface area (Å²) >= 11 is 5.88. The molecule has 1 heterocycles. The molecule has 1 aliphatic carbocycles. The lowest BCUT2D eigenvalue weighted by atomic mass is 10.0. The first-order valence-corrected chi connectivity index (χ1v) is 10.8. The highest BCUT2D eigenvalue weighted by atomic mass is 35.5. The SMILES string of the molecule is CC(C)(C)OC(=O)NCCOCCOc1cc(F)ccc1-c1nnc(Cl)c2c1CCC2(F)F. The molecule has 1 aromatic heterocycles. The molecule has 180 valence electrons. The Bertz CT molecular complexity index is 1020. The molecule has 1 aromatic carbocycles. The maximum Gasteiger partial charge on any atom is 0.407 e. The third-order valence-electron chi connectivity index (χ3n) is 4.69. The van der Waals surface area contributed by atoms with Gasteiger partial charge in [0, 0.05) is 24.6 Å². The molecule has 1 amide bonds. The van der Waals surface area contributed by atoms with Crippen molar-refractivity contribution in [1.82, 2.24) is 15.5 Å². The fraction of sp³-hybridized carbons (Fsp3) is 0.500. The first-order chi connectivity index (χ1) is 15.5. The van der Waals surface area contributed by atoms with Gasteiger partial charge in [-0.05, 0) is 44.9 Å². The van der Waals surface area contributed by atoms with Crippen LogP contribution in [0.2, 0.25) is 5.15 Å². The molecule has 0 atom stereocenters. The van der Waals surface area contributed by atoms with Crippen molar-refractivity contribution in [3.63, 3.8) is 0 Å². The molecule has 0 bridgehead atoms. The summed E-state index contributed by atoms with van der Waals surface area (Å²) in [6.07, 6.45) is -0.878. The van der Waals surface area contributed by atoms with Crippen molar-refractivity contribution in [1.29, 1.82) is 0 Å². The molecule has 33 heavy (non-hydrogen) atoms. The van der Waals surface area contributed by atoms with Crippen molar-refractivity contribution < 1.29 is 32.2 Å². The van der Waals surface area contributed by atoms with Crippen LogP contribution in [0.3, 0.4) is 0 Å². The number of hydrogen-bond acceptors (Lipinski definition) is 6. The standard InChI is InChI=1S/C22H25ClF3N3O4/c1-21(2,3)33-20(30)27-8-9-31-10-11-32-16-12-13(24)4-5-14(16)18-15-6-7-22(25,26)17(15)19(23)29-28-18/h4-5,12H,6-11H2,1-3H3,(H,27,30). The third kappa shape index (κ3) is 6.48. The fourth-order valence-corrected chi connectivity index (χ4v) is 3.64. The van der Waals surface area contributed by atoms with Crippen LogP contribution in [-0.2, 0) is 21.8 Å². The summed E-state index contributed by atoms with van der Waals surface area (Å²) in [7, 11) is 0. The quantitative estimate of drug-likeness (QED) is 0.534. The summed E-state index contributed by atoms with van der Waals surface area (Å²) in [6.45, 7) is 5.94. The number of halogens is 4. The van der Waals surface area contributed by atoms with Crippen molar-refractivity contribution in [3.05, 3.63) is 40.3 Å². The Hall–Kier alpha value is -2.59. The number of nitrogens with zero attached hydrogens (tertiary/aromatic N) is 2. The van der Waals surface area contributed by atoms with E-state index in [1.54, 1.807) is 20.8 Å². The van der Waals surface area contributed by atoms with Crippen LogP contribution >= 0.6 is 11.6 Å². The van der Waals surface area contributed by atoms with E-state index >= 15 is 0 Å². The zero-order chi connectivity index (χ0) is 24.2. The van der Waals surface area contributed by atoms with E-state index in [-0.39, 0.29) is 60.5 Å². The van der Waals surface area contributed by atoms with Crippen LogP contribution in [-0.4, -0.2) is 48.3 Å². The number of hydrogen-bond donors (Lipinski definition) is 1. The number of alkyl halides is 2. The molecule has 0 saturated heterocycles. The second kappa shape index (κ2) is 10.1. The molecule has 0 saturated carbocycles. The van der Waals surface area contributed by atoms with Gasteiger partial charge in [0.1, 0.15) is 29.5 Å². The molecule has 11 heteroatoms. The lowest BCUT2D eigenvalue weighted by molar-refractivity contribution is -0.00208. The molecular weight excluding hydrogens is 463 g/mol. The summed E-state index contributed by atoms with van der Waals surface area (Å²) < 4.78 is 58.5. The van der Waals surface area contributed by atoms with Gasteiger partial charge in [0.25, 0.3) is 5.92 Å². The summed E-state index contributed by atoms with van der Waals surface area (Å²) in [5.41, 5.74) is -0.136. The van der Waals surface area contributed by atoms with Gasteiger partial charge in [0.2, 0.25) is 0 Å². The summed E-state index contributed by atoms with van der Waals surface area (Å²) in [5, 5.41) is 9.87. The average molecular weight is 488 g/mol. The fourth-order valence-electron chi connectivity index (χ4n) is 3.35. The zero-order valence-corrected chi connectivity index (χ0v) is 19.3. The van der Waals surface area contributed by atoms with Gasteiger partial charge in [-0.2, -0.15) is 0 Å². The number of nitrogens with one attached hydrogen (secondary N) is 1. The molecule has 1 N–H and O–H groups in total. The van der Waals surface area contributed by atoms with Gasteiger partial charge in [-0.1, -0.05) is 11.6 Å². The van der Waals surface area contributed by atoms with Crippen molar-refractivity contribution in [2.24, 2.45) is 0 Å². The first-order valence-electron chi connectivity index (χ1n) is 10.4. The Morgan fingerprint density at radius 3 is 2.70 bits per heavy atom. The minimum Gasteiger partial charge on any atom is -0.490 e. The lowest BCUT2D eigenvalue weighted by Gasteiger charge is -2.19. The van der Waals surface area contributed by atoms with Gasteiger partial charge >= 0.3 is 6.09 Å². The summed E-state index contributed by atoms with van der Waals surface area (Å²) in [5.74, 6) is -3.53. The highest BCUT2D eigenvalue weighted by molar-refractivity contribution is 6.30. The van der Waals surface area contributed by atoms with E-state index in [2.05, 4.69) is 15.5 Å². The van der Waals surface area contributed by atoms with Crippen LogP contribution in [0.1, 0.15) is 38.3 Å². The molecule has 0 aliphatic heterocycles. The van der Waals surface area contributed by atoms with Crippen LogP contribution in [0.4, 0.5) is 18.0 Å². The largest absolute Gasteiger partial charge is 0.490 e. The number of carbonyl (C=O) groups excluding carboxylic acids is 1. The monoisotopic (exact) mass is 487 g/mol. The van der Waals surface area contributed by atoms with Gasteiger partial charge in [-0.15, -0.1) is 10.2 Å². The molecule has 0 radical (unpaired) electrons. The maximum absolute atomic E-state index is 14.2. The Labute approximate surface area is 194 Å². The van der Waals surface area contributed by atoms with Crippen molar-refractivity contribution in [2.45, 2.75) is 45.1 Å². The van der Waals surface area contributed by atoms with E-state index in [9.17, 15) is 18.0 Å². The van der Waals surface area contributed by atoms with Crippen LogP contribution in [0.25, 0.3) is 11.3 Å². The number of rotatable bonds is 8. The highest BCUT2D eigenvalue weighted by Crippen LogP contribution is 2.47. The van der Waals surface area contributed by atoms with E-state index < -0.39 is 29.9 Å². The number of aromatic nitrogens is 2. The smallest absolute Gasteiger partial charge is 0.407 e. The number of amides is 1. The topological polar surface area (TPSA) is 82.6 Å². The normalized spacial score (nSPS) is 14.6. The van der Waals surface area contributed by atoms with E-state index in [1.807, 2.05) is 0 Å². The minimum absolute atomic E-state index is 0.0578. The average Bonchev–Trinajstić information content (AvgIpc) is 3.03. The van der Waals surface area contributed by atoms with Crippen molar-refractivity contribution >= 4 is 17.7 Å². The van der Waals surface area contributed by atoms with Crippen molar-refractivity contribution in [3.8, 4) is 17.0 Å². The molecule has 0 unspecified atom stereocenters. The number of benzene rings is 1. The van der Waals surface area contributed by atoms with E-state index in [1.165, 1.54) is 12.1 Å². The summed E-state index contributed by atoms with van der Waals surface area (Å²) in [6, 6.07) is 3.75. The second-order valence-corrected chi connectivity index (χ2v) is 8.79. The van der Waals surface area contributed by atoms with Crippen LogP contribution in [0.5, 0.6) is 5.75 Å². The minimum atomic E-state index is -3.10. The maximum atomic E-state index is 14.2. The zero-order valence-electron chi connectivity index (χ0n) is 18.5. The Morgan fingerprint density at radius 1 is 1.21 bits per heavy atom. The Morgan fingerprint density at radius 2 is 1.97 bits per heavy atom. The van der Waals surface area contributed by atoms with Crippen molar-refractivity contribution in [2.75, 3.05) is 26.4 Å². The van der Waals surface area contributed by atoms with Gasteiger partial charge in [-0.25, -0.2) is 18.0 Å². The summed E-state index contributed by atoms with van der Waals surface area (Å²) in [4.78, 5) is 11.6. The highest BCUT2D eigenvalue weighted by Gasteiger charge is 2.44. The molecule has 0 spiro atoms. The predicted molar refractivity (Wildman–Crippen MR) is 115 cm³/mol. The second-order valence-electron chi connectivity index (χ2n) is 8.43. The Kier molecular flexibility index (Phi) is 7.69. The van der Waals surface area contributed by atoms with E-state index in [0.29, 0.717) is 5.56 Å². The molecular formula is C22H25ClF3N3O4. The van der Waals surface area contributed by atoms with Crippen LogP contribution in [0.15, 0.2) is 18.2 Å². The molecule has 3 rings (SSSR count). The lowest BCUT2D eigenvalue weighted by Crippen LogP contribution is -2.34. The van der Waals surface area contributed by atoms with E-state index in [0.717, 1.165) is 6.07 Å². The van der Waals surface area contributed by atoms with Crippen LogP contribution in [0, 0.1) is 5.82 Å². The Balaban J connectivity index is 1.59. The van der Waals surface area contributed by atoms with Gasteiger partial charge in [0.05, 0.1) is 18.8 Å². The molecule has 1 aliphatic rings. The van der Waals surface area contributed by atoms with E-state index in [4.69, 9.17) is 25.8 Å². The van der Waals surface area contributed by atoms with Gasteiger partial charge in [0.15, 0.2) is 5.15 Å². The predicted octanol–water partition coefficient (Wildman–Crippen LogP) is 4.89. The number of carbonyl (C=O) groups is 1. The number of ether oxygens (including phenoxy) is 3. The van der Waals surface area contributed by atoms with Gasteiger partial charge < -0.3 is 19.5 Å². The number of alkyl carbamates (subject to hydrolysis) is 1. The molecule has 7 nitrogen and oxygen atoms in total. The van der Waals surface area contributed by atoms with Gasteiger partial charge in [-0.3, -0.25) is 0 Å². The molecule has 2 aromatic rings. The number of fused-ring (bicyclic) bond motifs is 1.